The van der Waals surface area contributed by atoms with Gasteiger partial charge in [-0.05, 0) is 59.6 Å². The molecule has 0 radical (unpaired) electrons. The summed E-state index contributed by atoms with van der Waals surface area (Å²) in [5.74, 6) is -1.56. The first-order chi connectivity index (χ1) is 18.1. The van der Waals surface area contributed by atoms with Gasteiger partial charge in [-0.25, -0.2) is 18.0 Å². The SMILES string of the molecule is C[C@@H]1Cc2c([nH]c3ccccc23)[C@@H](c2c(F)cc(OCCN(C)C(=O)OC(C)(C)C)cc2F)N1CC(C)(C)F. The molecule has 0 aliphatic carbocycles. The molecule has 6 nitrogen and oxygen atoms in total. The van der Waals surface area contributed by atoms with Gasteiger partial charge in [-0.2, -0.15) is 0 Å². The van der Waals surface area contributed by atoms with Crippen molar-refractivity contribution in [1.29, 1.82) is 0 Å². The van der Waals surface area contributed by atoms with Crippen molar-refractivity contribution in [3.8, 4) is 5.75 Å². The molecule has 1 N–H and O–H groups in total. The van der Waals surface area contributed by atoms with E-state index >= 15 is 8.78 Å². The number of aromatic amines is 1. The number of alkyl halides is 1. The molecule has 1 aliphatic heterocycles. The number of halogens is 3. The van der Waals surface area contributed by atoms with Crippen LogP contribution in [0.3, 0.4) is 0 Å². The summed E-state index contributed by atoms with van der Waals surface area (Å²) in [4.78, 5) is 18.7. The van der Waals surface area contributed by atoms with E-state index in [0.29, 0.717) is 12.1 Å². The number of hydrogen-bond acceptors (Lipinski definition) is 4. The van der Waals surface area contributed by atoms with Crippen LogP contribution in [0.2, 0.25) is 0 Å². The van der Waals surface area contributed by atoms with Crippen molar-refractivity contribution in [3.63, 3.8) is 0 Å². The summed E-state index contributed by atoms with van der Waals surface area (Å²) in [5, 5.41) is 0.999. The summed E-state index contributed by atoms with van der Waals surface area (Å²) in [5.41, 5.74) is 0.157. The number of ether oxygens (including phenoxy) is 2. The molecular weight excluding hydrogens is 507 g/mol. The number of rotatable bonds is 7. The number of H-pyrrole nitrogens is 1. The van der Waals surface area contributed by atoms with Crippen molar-refractivity contribution in [1.82, 2.24) is 14.8 Å². The second-order valence-corrected chi connectivity index (χ2v) is 12.0. The van der Waals surface area contributed by atoms with Crippen LogP contribution in [0.5, 0.6) is 5.75 Å². The fraction of sp³-hybridized carbons (Fsp3) is 0.500. The van der Waals surface area contributed by atoms with Gasteiger partial charge in [0.2, 0.25) is 0 Å². The van der Waals surface area contributed by atoms with E-state index in [-0.39, 0.29) is 37.1 Å². The molecule has 0 saturated heterocycles. The molecule has 0 bridgehead atoms. The van der Waals surface area contributed by atoms with Crippen LogP contribution in [0.25, 0.3) is 10.9 Å². The Morgan fingerprint density at radius 3 is 2.38 bits per heavy atom. The number of fused-ring (bicyclic) bond motifs is 3. The third kappa shape index (κ3) is 6.52. The number of carbonyl (C=O) groups excluding carboxylic acids is 1. The summed E-state index contributed by atoms with van der Waals surface area (Å²) in [6.45, 7) is 10.4. The fourth-order valence-corrected chi connectivity index (χ4v) is 5.14. The van der Waals surface area contributed by atoms with Crippen molar-refractivity contribution >= 4 is 17.0 Å². The van der Waals surface area contributed by atoms with Gasteiger partial charge in [0.15, 0.2) is 0 Å². The zero-order valence-electron chi connectivity index (χ0n) is 23.7. The zero-order valence-corrected chi connectivity index (χ0v) is 23.7. The number of carbonyl (C=O) groups is 1. The molecule has 0 fully saturated rings. The van der Waals surface area contributed by atoms with Gasteiger partial charge in [-0.3, -0.25) is 4.90 Å². The fourth-order valence-electron chi connectivity index (χ4n) is 5.14. The molecule has 0 spiro atoms. The number of benzene rings is 2. The third-order valence-corrected chi connectivity index (χ3v) is 6.80. The standard InChI is InChI=1S/C30H38F3N3O3/c1-18-14-21-20-10-8-9-11-24(20)34-26(21)27(36(18)17-30(5,6)33)25-22(31)15-19(16-23(25)32)38-13-12-35(7)28(37)39-29(2,3)4/h8-11,15-16,18,27,34H,12-14,17H2,1-7H3/t18-,27-/m1/s1. The van der Waals surface area contributed by atoms with Crippen molar-refractivity contribution in [2.24, 2.45) is 0 Å². The molecule has 0 saturated carbocycles. The van der Waals surface area contributed by atoms with Gasteiger partial charge >= 0.3 is 6.09 Å². The average Bonchev–Trinajstić information content (AvgIpc) is 3.16. The Bertz CT molecular complexity index is 1320. The molecule has 2 heterocycles. The largest absolute Gasteiger partial charge is 0.492 e. The van der Waals surface area contributed by atoms with Crippen molar-refractivity contribution in [3.05, 3.63) is 64.9 Å². The monoisotopic (exact) mass is 545 g/mol. The minimum Gasteiger partial charge on any atom is -0.492 e. The molecule has 1 aromatic heterocycles. The lowest BCUT2D eigenvalue weighted by molar-refractivity contribution is 0.0278. The molecule has 2 aromatic carbocycles. The maximum absolute atomic E-state index is 15.7. The minimum absolute atomic E-state index is 0.00176. The number of likely N-dealkylation sites (N-methyl/N-ethyl adjacent to an activating group) is 1. The summed E-state index contributed by atoms with van der Waals surface area (Å²) in [7, 11) is 1.56. The van der Waals surface area contributed by atoms with Crippen LogP contribution in [-0.2, 0) is 11.2 Å². The lowest BCUT2D eigenvalue weighted by Gasteiger charge is -2.43. The van der Waals surface area contributed by atoms with Crippen LogP contribution in [-0.4, -0.2) is 64.9 Å². The lowest BCUT2D eigenvalue weighted by Crippen LogP contribution is -2.48. The van der Waals surface area contributed by atoms with Gasteiger partial charge in [-0.15, -0.1) is 0 Å². The first-order valence-electron chi connectivity index (χ1n) is 13.2. The summed E-state index contributed by atoms with van der Waals surface area (Å²) in [6, 6.07) is 9.03. The van der Waals surface area contributed by atoms with E-state index in [4.69, 9.17) is 9.47 Å². The Balaban J connectivity index is 1.63. The van der Waals surface area contributed by atoms with E-state index in [1.54, 1.807) is 27.8 Å². The number of hydrogen-bond donors (Lipinski definition) is 1. The Morgan fingerprint density at radius 2 is 1.77 bits per heavy atom. The third-order valence-electron chi connectivity index (χ3n) is 6.80. The highest BCUT2D eigenvalue weighted by Gasteiger charge is 2.41. The molecule has 3 aromatic rings. The van der Waals surface area contributed by atoms with Crippen LogP contribution >= 0.6 is 0 Å². The van der Waals surface area contributed by atoms with E-state index < -0.39 is 35.0 Å². The second kappa shape index (κ2) is 10.8. The quantitative estimate of drug-likeness (QED) is 0.356. The predicted molar refractivity (Wildman–Crippen MR) is 146 cm³/mol. The van der Waals surface area contributed by atoms with Crippen LogP contribution in [0.15, 0.2) is 36.4 Å². The predicted octanol–water partition coefficient (Wildman–Crippen LogP) is 6.78. The molecular formula is C30H38F3N3O3. The first kappa shape index (κ1) is 28.8. The topological polar surface area (TPSA) is 57.8 Å². The Labute approximate surface area is 228 Å². The van der Waals surface area contributed by atoms with E-state index in [1.807, 2.05) is 36.1 Å². The highest BCUT2D eigenvalue weighted by molar-refractivity contribution is 5.85. The number of para-hydroxylation sites is 1. The average molecular weight is 546 g/mol. The smallest absolute Gasteiger partial charge is 0.410 e. The van der Waals surface area contributed by atoms with E-state index in [9.17, 15) is 9.18 Å². The van der Waals surface area contributed by atoms with E-state index in [1.165, 1.54) is 18.7 Å². The van der Waals surface area contributed by atoms with Gasteiger partial charge in [0, 0.05) is 53.9 Å². The van der Waals surface area contributed by atoms with Gasteiger partial charge in [-0.1, -0.05) is 18.2 Å². The first-order valence-corrected chi connectivity index (χ1v) is 13.2. The maximum atomic E-state index is 15.7. The molecule has 2 atom stereocenters. The summed E-state index contributed by atoms with van der Waals surface area (Å²) >= 11 is 0. The van der Waals surface area contributed by atoms with E-state index in [2.05, 4.69) is 4.98 Å². The Morgan fingerprint density at radius 1 is 1.13 bits per heavy atom. The Hall–Kier alpha value is -3.20. The molecule has 1 aliphatic rings. The van der Waals surface area contributed by atoms with Crippen LogP contribution in [0.1, 0.15) is 64.4 Å². The lowest BCUT2D eigenvalue weighted by atomic mass is 9.87. The zero-order chi connectivity index (χ0) is 28.7. The molecule has 0 unspecified atom stereocenters. The van der Waals surface area contributed by atoms with Crippen LogP contribution < -0.4 is 4.74 Å². The molecule has 9 heteroatoms. The van der Waals surface area contributed by atoms with Crippen molar-refractivity contribution in [2.45, 2.75) is 71.3 Å². The van der Waals surface area contributed by atoms with Crippen molar-refractivity contribution in [2.75, 3.05) is 26.7 Å². The maximum Gasteiger partial charge on any atom is 0.410 e. The normalized spacial score (nSPS) is 18.2. The highest BCUT2D eigenvalue weighted by Crippen LogP contribution is 2.43. The summed E-state index contributed by atoms with van der Waals surface area (Å²) < 4.78 is 57.3. The van der Waals surface area contributed by atoms with E-state index in [0.717, 1.165) is 28.6 Å². The number of amides is 1. The Kier molecular flexibility index (Phi) is 7.94. The van der Waals surface area contributed by atoms with Crippen LogP contribution in [0.4, 0.5) is 18.0 Å². The molecule has 1 amide bonds. The number of nitrogens with one attached hydrogen (secondary N) is 1. The van der Waals surface area contributed by atoms with Crippen LogP contribution in [0, 0.1) is 11.6 Å². The van der Waals surface area contributed by atoms with Crippen molar-refractivity contribution < 1.29 is 27.4 Å². The van der Waals surface area contributed by atoms with Gasteiger partial charge in [0.25, 0.3) is 0 Å². The van der Waals surface area contributed by atoms with Gasteiger partial charge in [0.05, 0.1) is 12.6 Å². The minimum atomic E-state index is -1.58. The molecule has 39 heavy (non-hydrogen) atoms. The molecule has 212 valence electrons. The highest BCUT2D eigenvalue weighted by atomic mass is 19.1. The number of nitrogens with zero attached hydrogens (tertiary/aromatic N) is 2. The van der Waals surface area contributed by atoms with Gasteiger partial charge in [0.1, 0.15) is 35.3 Å². The second-order valence-electron chi connectivity index (χ2n) is 12.0. The molecule has 4 rings (SSSR count). The summed E-state index contributed by atoms with van der Waals surface area (Å²) in [6.07, 6.45) is 0.108. The number of aromatic nitrogens is 1. The van der Waals surface area contributed by atoms with Gasteiger partial charge < -0.3 is 19.4 Å².